The summed E-state index contributed by atoms with van der Waals surface area (Å²) < 4.78 is 44.3. The molecule has 208 valence electrons. The smallest absolute Gasteiger partial charge is 0.416 e. The van der Waals surface area contributed by atoms with Crippen LogP contribution in [0.25, 0.3) is 0 Å². The topological polar surface area (TPSA) is 106 Å². The van der Waals surface area contributed by atoms with Crippen LogP contribution >= 0.6 is 0 Å². The summed E-state index contributed by atoms with van der Waals surface area (Å²) in [6, 6.07) is 12.5. The normalized spacial score (nSPS) is 12.4. The summed E-state index contributed by atoms with van der Waals surface area (Å²) in [5, 5.41) is 4.92. The van der Waals surface area contributed by atoms with Crippen molar-refractivity contribution in [1.29, 1.82) is 0 Å². The monoisotopic (exact) mass is 537 g/mol. The van der Waals surface area contributed by atoms with E-state index in [9.17, 15) is 27.6 Å². The highest BCUT2D eigenvalue weighted by Gasteiger charge is 2.31. The zero-order valence-corrected chi connectivity index (χ0v) is 21.7. The average Bonchev–Trinajstić information content (AvgIpc) is 2.82. The number of hydrogen-bond donors (Lipinski definition) is 3. The van der Waals surface area contributed by atoms with Gasteiger partial charge in [0.15, 0.2) is 0 Å². The van der Waals surface area contributed by atoms with Crippen LogP contribution in [0.1, 0.15) is 64.0 Å². The minimum atomic E-state index is -4.56. The molecule has 2 aromatic carbocycles. The molecule has 1 atom stereocenters. The average molecular weight is 538 g/mol. The van der Waals surface area contributed by atoms with Crippen LogP contribution in [0.5, 0.6) is 0 Å². The summed E-state index contributed by atoms with van der Waals surface area (Å²) in [5.74, 6) is -0.964. The Morgan fingerprint density at radius 1 is 0.921 bits per heavy atom. The maximum atomic E-state index is 13.0. The molecule has 11 heteroatoms. The molecule has 0 unspecified atom stereocenters. The molecular formula is C27H34F3N3O5. The van der Waals surface area contributed by atoms with Gasteiger partial charge in [-0.05, 0) is 57.4 Å². The van der Waals surface area contributed by atoms with Gasteiger partial charge in [0.05, 0.1) is 12.2 Å². The van der Waals surface area contributed by atoms with E-state index in [1.807, 2.05) is 30.3 Å². The van der Waals surface area contributed by atoms with Crippen molar-refractivity contribution in [3.05, 3.63) is 65.7 Å². The molecule has 0 aliphatic heterocycles. The molecule has 0 fully saturated rings. The Balaban J connectivity index is 1.85. The quantitative estimate of drug-likeness (QED) is 0.237. The molecule has 0 aliphatic rings. The van der Waals surface area contributed by atoms with Crippen LogP contribution in [0.15, 0.2) is 54.6 Å². The van der Waals surface area contributed by atoms with E-state index in [1.54, 1.807) is 20.8 Å². The lowest BCUT2D eigenvalue weighted by molar-refractivity contribution is -0.137. The zero-order valence-electron chi connectivity index (χ0n) is 21.7. The number of nitrogens with one attached hydrogen (secondary N) is 3. The Kier molecular flexibility index (Phi) is 11.6. The van der Waals surface area contributed by atoms with Crippen LogP contribution in [0, 0.1) is 0 Å². The second-order valence-electron chi connectivity index (χ2n) is 9.67. The van der Waals surface area contributed by atoms with Gasteiger partial charge in [0.25, 0.3) is 0 Å². The van der Waals surface area contributed by atoms with E-state index in [4.69, 9.17) is 9.57 Å². The highest BCUT2D eigenvalue weighted by molar-refractivity contribution is 5.96. The van der Waals surface area contributed by atoms with E-state index in [-0.39, 0.29) is 31.0 Å². The minimum absolute atomic E-state index is 0.0482. The number of alkyl carbamates (subject to hydrolysis) is 1. The third kappa shape index (κ3) is 12.1. The van der Waals surface area contributed by atoms with Gasteiger partial charge in [0, 0.05) is 12.1 Å². The number of anilines is 1. The molecule has 0 radical (unpaired) electrons. The number of amides is 3. The Hall–Kier alpha value is -3.60. The second-order valence-corrected chi connectivity index (χ2v) is 9.67. The number of unbranched alkanes of at least 4 members (excludes halogenated alkanes) is 2. The van der Waals surface area contributed by atoms with E-state index in [0.717, 1.165) is 17.7 Å². The van der Waals surface area contributed by atoms with Crippen molar-refractivity contribution >= 4 is 23.6 Å². The molecule has 3 N–H and O–H groups in total. The molecule has 2 aromatic rings. The number of hydrogen-bond acceptors (Lipinski definition) is 5. The van der Waals surface area contributed by atoms with Crippen molar-refractivity contribution in [3.63, 3.8) is 0 Å². The third-order valence-corrected chi connectivity index (χ3v) is 5.13. The molecular weight excluding hydrogens is 503 g/mol. The predicted molar refractivity (Wildman–Crippen MR) is 136 cm³/mol. The van der Waals surface area contributed by atoms with Crippen molar-refractivity contribution < 1.29 is 37.1 Å². The number of ether oxygens (including phenoxy) is 1. The summed E-state index contributed by atoms with van der Waals surface area (Å²) in [5.41, 5.74) is 1.54. The number of halogens is 3. The Labute approximate surface area is 220 Å². The van der Waals surface area contributed by atoms with E-state index in [2.05, 4.69) is 16.1 Å². The molecule has 0 aliphatic carbocycles. The summed E-state index contributed by atoms with van der Waals surface area (Å²) in [4.78, 5) is 42.3. The first kappa shape index (κ1) is 30.6. The van der Waals surface area contributed by atoms with Gasteiger partial charge < -0.3 is 15.4 Å². The summed E-state index contributed by atoms with van der Waals surface area (Å²) in [7, 11) is 0. The van der Waals surface area contributed by atoms with Crippen LogP contribution in [-0.2, 0) is 31.9 Å². The van der Waals surface area contributed by atoms with Crippen molar-refractivity contribution in [2.45, 2.75) is 77.3 Å². The summed E-state index contributed by atoms with van der Waals surface area (Å²) >= 11 is 0. The maximum absolute atomic E-state index is 13.0. The molecule has 0 heterocycles. The van der Waals surface area contributed by atoms with Crippen LogP contribution in [-0.4, -0.2) is 29.6 Å². The fourth-order valence-corrected chi connectivity index (χ4v) is 3.36. The molecule has 0 spiro atoms. The first-order valence-corrected chi connectivity index (χ1v) is 12.3. The van der Waals surface area contributed by atoms with Gasteiger partial charge in [0.1, 0.15) is 11.6 Å². The van der Waals surface area contributed by atoms with Crippen LogP contribution in [0.4, 0.5) is 23.7 Å². The van der Waals surface area contributed by atoms with E-state index in [1.165, 1.54) is 12.1 Å². The second kappa shape index (κ2) is 14.4. The lowest BCUT2D eigenvalue weighted by atomic mass is 10.1. The number of carbonyl (C=O) groups excluding carboxylic acids is 3. The fourth-order valence-electron chi connectivity index (χ4n) is 3.36. The summed E-state index contributed by atoms with van der Waals surface area (Å²) in [6.07, 6.45) is -3.45. The number of hydroxylamine groups is 1. The largest absolute Gasteiger partial charge is 0.444 e. The molecule has 38 heavy (non-hydrogen) atoms. The molecule has 0 bridgehead atoms. The van der Waals surface area contributed by atoms with Crippen molar-refractivity contribution in [2.75, 3.05) is 5.32 Å². The lowest BCUT2D eigenvalue weighted by Crippen LogP contribution is -2.45. The van der Waals surface area contributed by atoms with Gasteiger partial charge in [-0.15, -0.1) is 0 Å². The molecule has 2 rings (SSSR count). The number of benzene rings is 2. The first-order chi connectivity index (χ1) is 17.8. The molecule has 3 amide bonds. The van der Waals surface area contributed by atoms with Gasteiger partial charge in [-0.1, -0.05) is 49.2 Å². The summed E-state index contributed by atoms with van der Waals surface area (Å²) in [6.45, 7) is 5.24. The SMILES string of the molecule is CC(C)(C)OC(=O)N[C@@H](CCCCCC(=O)NOCc1ccccc1)C(=O)Nc1cccc(C(F)(F)F)c1. The Morgan fingerprint density at radius 2 is 1.63 bits per heavy atom. The van der Waals surface area contributed by atoms with Crippen LogP contribution < -0.4 is 16.1 Å². The highest BCUT2D eigenvalue weighted by Crippen LogP contribution is 2.30. The fraction of sp³-hybridized carbons (Fsp3) is 0.444. The van der Waals surface area contributed by atoms with Crippen molar-refractivity contribution in [3.8, 4) is 0 Å². The molecule has 8 nitrogen and oxygen atoms in total. The van der Waals surface area contributed by atoms with Gasteiger partial charge in [-0.2, -0.15) is 13.2 Å². The van der Waals surface area contributed by atoms with Crippen molar-refractivity contribution in [2.24, 2.45) is 0 Å². The number of carbonyl (C=O) groups is 3. The van der Waals surface area contributed by atoms with Gasteiger partial charge >= 0.3 is 12.3 Å². The third-order valence-electron chi connectivity index (χ3n) is 5.13. The molecule has 0 saturated heterocycles. The highest BCUT2D eigenvalue weighted by atomic mass is 19.4. The predicted octanol–water partition coefficient (Wildman–Crippen LogP) is 5.74. The minimum Gasteiger partial charge on any atom is -0.444 e. The van der Waals surface area contributed by atoms with E-state index in [0.29, 0.717) is 19.3 Å². The standard InChI is InChI=1S/C27H34F3N3O5/c1-26(2,3)38-25(36)32-22(24(35)31-21-14-10-13-20(17-21)27(28,29)30)15-8-5-9-16-23(34)33-37-18-19-11-6-4-7-12-19/h4,6-7,10-14,17,22H,5,8-9,15-16,18H2,1-3H3,(H,31,35)(H,32,36)(H,33,34)/t22-/m0/s1. The van der Waals surface area contributed by atoms with Crippen LogP contribution in [0.2, 0.25) is 0 Å². The van der Waals surface area contributed by atoms with E-state index >= 15 is 0 Å². The Bertz CT molecular complexity index is 1060. The Morgan fingerprint density at radius 3 is 2.29 bits per heavy atom. The van der Waals surface area contributed by atoms with Gasteiger partial charge in [-0.25, -0.2) is 10.3 Å². The first-order valence-electron chi connectivity index (χ1n) is 12.3. The molecule has 0 aromatic heterocycles. The number of rotatable bonds is 12. The number of alkyl halides is 3. The van der Waals surface area contributed by atoms with Crippen molar-refractivity contribution in [1.82, 2.24) is 10.8 Å². The van der Waals surface area contributed by atoms with Gasteiger partial charge in [0.2, 0.25) is 11.8 Å². The zero-order chi connectivity index (χ0) is 28.2. The van der Waals surface area contributed by atoms with E-state index < -0.39 is 35.4 Å². The lowest BCUT2D eigenvalue weighted by Gasteiger charge is -2.23. The van der Waals surface area contributed by atoms with Gasteiger partial charge in [-0.3, -0.25) is 14.4 Å². The maximum Gasteiger partial charge on any atom is 0.416 e. The molecule has 0 saturated carbocycles. The van der Waals surface area contributed by atoms with Crippen LogP contribution in [0.3, 0.4) is 0 Å².